The molecule has 1 aromatic carbocycles. The van der Waals surface area contributed by atoms with Gasteiger partial charge in [0.15, 0.2) is 0 Å². The first kappa shape index (κ1) is 19.2. The lowest BCUT2D eigenvalue weighted by atomic mass is 9.84. The number of β-amino-alcohol motifs (C(OH)–C–C–N with tert-alkyl or cyclic N) is 1. The van der Waals surface area contributed by atoms with Crippen molar-refractivity contribution in [2.24, 2.45) is 11.8 Å². The van der Waals surface area contributed by atoms with Gasteiger partial charge in [0.2, 0.25) is 0 Å². The number of nitrogens with zero attached hydrogens (tertiary/aromatic N) is 3. The Balaban J connectivity index is 1.41. The summed E-state index contributed by atoms with van der Waals surface area (Å²) in [4.78, 5) is 5.06. The van der Waals surface area contributed by atoms with E-state index in [2.05, 4.69) is 22.8 Å². The normalized spacial score (nSPS) is 24.8. The van der Waals surface area contributed by atoms with Crippen LogP contribution in [0.4, 0.5) is 0 Å². The van der Waals surface area contributed by atoms with Crippen molar-refractivity contribution >= 4 is 0 Å². The Morgan fingerprint density at radius 2 is 1.81 bits per heavy atom. The molecule has 2 saturated heterocycles. The van der Waals surface area contributed by atoms with Crippen LogP contribution >= 0.6 is 0 Å². The lowest BCUT2D eigenvalue weighted by Crippen LogP contribution is -2.54. The summed E-state index contributed by atoms with van der Waals surface area (Å²) in [6.07, 6.45) is 3.43. The van der Waals surface area contributed by atoms with Gasteiger partial charge in [-0.05, 0) is 55.5 Å². The van der Waals surface area contributed by atoms with Crippen LogP contribution in [0.3, 0.4) is 0 Å². The van der Waals surface area contributed by atoms with Crippen molar-refractivity contribution in [2.45, 2.75) is 32.3 Å². The summed E-state index contributed by atoms with van der Waals surface area (Å²) in [6.45, 7) is 9.08. The van der Waals surface area contributed by atoms with Crippen LogP contribution in [-0.2, 0) is 0 Å². The van der Waals surface area contributed by atoms with Gasteiger partial charge < -0.3 is 14.7 Å². The number of likely N-dealkylation sites (tertiary alicyclic amines) is 2. The summed E-state index contributed by atoms with van der Waals surface area (Å²) in [6, 6.07) is 9.12. The number of hydrogen-bond donors (Lipinski definition) is 1. The van der Waals surface area contributed by atoms with E-state index in [9.17, 15) is 5.11 Å². The number of aliphatic hydroxyl groups excluding tert-OH is 1. The van der Waals surface area contributed by atoms with Gasteiger partial charge in [0.1, 0.15) is 18.5 Å². The summed E-state index contributed by atoms with van der Waals surface area (Å²) in [5.41, 5.74) is 0.616. The van der Waals surface area contributed by atoms with E-state index in [0.717, 1.165) is 24.9 Å². The number of aliphatic hydroxyl groups is 1. The molecule has 0 aliphatic carbocycles. The van der Waals surface area contributed by atoms with Crippen LogP contribution in [0, 0.1) is 23.2 Å². The minimum Gasteiger partial charge on any atom is -0.491 e. The molecule has 26 heavy (non-hydrogen) atoms. The fourth-order valence-corrected chi connectivity index (χ4v) is 4.38. The summed E-state index contributed by atoms with van der Waals surface area (Å²) in [5, 5.41) is 19.2. The Morgan fingerprint density at radius 1 is 1.15 bits per heavy atom. The number of hydrogen-bond acceptors (Lipinski definition) is 5. The second kappa shape index (κ2) is 9.36. The monoisotopic (exact) mass is 357 g/mol. The Labute approximate surface area is 157 Å². The van der Waals surface area contributed by atoms with Crippen LogP contribution in [0.2, 0.25) is 0 Å². The Hall–Kier alpha value is -1.61. The predicted octanol–water partition coefficient (Wildman–Crippen LogP) is 2.35. The highest BCUT2D eigenvalue weighted by Gasteiger charge is 2.34. The predicted molar refractivity (Wildman–Crippen MR) is 102 cm³/mol. The van der Waals surface area contributed by atoms with Gasteiger partial charge in [-0.15, -0.1) is 0 Å². The maximum absolute atomic E-state index is 10.4. The minimum atomic E-state index is -0.485. The van der Waals surface area contributed by atoms with Crippen molar-refractivity contribution in [1.29, 1.82) is 5.26 Å². The zero-order valence-corrected chi connectivity index (χ0v) is 15.8. The standard InChI is InChI=1S/C21H31N3O2/c1-2-3-8-23-11-18-9-19(12-23)14-24(13-18)15-20(25)16-26-21-6-4-17(10-22)5-7-21/h4-7,18-20,25H,2-3,8-9,11-16H2,1H3. The maximum Gasteiger partial charge on any atom is 0.119 e. The highest BCUT2D eigenvalue weighted by atomic mass is 16.5. The van der Waals surface area contributed by atoms with E-state index in [1.54, 1.807) is 24.3 Å². The van der Waals surface area contributed by atoms with Crippen LogP contribution in [0.15, 0.2) is 24.3 Å². The summed E-state index contributed by atoms with van der Waals surface area (Å²) in [7, 11) is 0. The van der Waals surface area contributed by atoms with Crippen molar-refractivity contribution in [3.05, 3.63) is 29.8 Å². The molecule has 0 radical (unpaired) electrons. The molecule has 3 rings (SSSR count). The zero-order valence-electron chi connectivity index (χ0n) is 15.8. The minimum absolute atomic E-state index is 0.292. The third-order valence-electron chi connectivity index (χ3n) is 5.45. The Morgan fingerprint density at radius 3 is 2.42 bits per heavy atom. The third-order valence-corrected chi connectivity index (χ3v) is 5.45. The summed E-state index contributed by atoms with van der Waals surface area (Å²) < 4.78 is 5.67. The van der Waals surface area contributed by atoms with Crippen LogP contribution in [0.1, 0.15) is 31.7 Å². The van der Waals surface area contributed by atoms with Crippen LogP contribution in [-0.4, -0.2) is 66.9 Å². The smallest absolute Gasteiger partial charge is 0.119 e. The van der Waals surface area contributed by atoms with Gasteiger partial charge in [-0.25, -0.2) is 0 Å². The van der Waals surface area contributed by atoms with E-state index in [-0.39, 0.29) is 0 Å². The van der Waals surface area contributed by atoms with Crippen molar-refractivity contribution < 1.29 is 9.84 Å². The highest BCUT2D eigenvalue weighted by Crippen LogP contribution is 2.28. The molecule has 2 fully saturated rings. The molecule has 5 heteroatoms. The highest BCUT2D eigenvalue weighted by molar-refractivity contribution is 5.34. The van der Waals surface area contributed by atoms with E-state index < -0.39 is 6.10 Å². The number of ether oxygens (including phenoxy) is 1. The second-order valence-electron chi connectivity index (χ2n) is 7.90. The van der Waals surface area contributed by atoms with E-state index in [0.29, 0.717) is 24.5 Å². The first-order chi connectivity index (χ1) is 12.7. The Kier molecular flexibility index (Phi) is 6.90. The molecule has 3 atom stereocenters. The fourth-order valence-electron chi connectivity index (χ4n) is 4.38. The van der Waals surface area contributed by atoms with Gasteiger partial charge in [0, 0.05) is 32.7 Å². The molecular formula is C21H31N3O2. The van der Waals surface area contributed by atoms with Crippen LogP contribution in [0.25, 0.3) is 0 Å². The first-order valence-electron chi connectivity index (χ1n) is 9.92. The number of nitriles is 1. The summed E-state index contributed by atoms with van der Waals surface area (Å²) in [5.74, 6) is 2.18. The van der Waals surface area contributed by atoms with Crippen molar-refractivity contribution in [3.63, 3.8) is 0 Å². The van der Waals surface area contributed by atoms with Gasteiger partial charge in [0.05, 0.1) is 11.6 Å². The van der Waals surface area contributed by atoms with Gasteiger partial charge in [0.25, 0.3) is 0 Å². The average molecular weight is 357 g/mol. The lowest BCUT2D eigenvalue weighted by molar-refractivity contribution is -0.000120. The van der Waals surface area contributed by atoms with Crippen molar-refractivity contribution in [3.8, 4) is 11.8 Å². The van der Waals surface area contributed by atoms with Gasteiger partial charge in [-0.1, -0.05) is 13.3 Å². The molecule has 1 N–H and O–H groups in total. The van der Waals surface area contributed by atoms with Gasteiger partial charge >= 0.3 is 0 Å². The molecule has 2 heterocycles. The molecular weight excluding hydrogens is 326 g/mol. The Bertz CT molecular complexity index is 584. The number of unbranched alkanes of at least 4 members (excludes halogenated alkanes) is 1. The average Bonchev–Trinajstić information content (AvgIpc) is 2.64. The molecule has 0 spiro atoms. The lowest BCUT2D eigenvalue weighted by Gasteiger charge is -2.46. The molecule has 142 valence electrons. The molecule has 1 aromatic rings. The van der Waals surface area contributed by atoms with E-state index >= 15 is 0 Å². The van der Waals surface area contributed by atoms with E-state index in [4.69, 9.17) is 10.00 Å². The first-order valence-corrected chi connectivity index (χ1v) is 9.92. The van der Waals surface area contributed by atoms with E-state index in [1.165, 1.54) is 38.9 Å². The van der Waals surface area contributed by atoms with Crippen LogP contribution in [0.5, 0.6) is 5.75 Å². The molecule has 2 bridgehead atoms. The SMILES string of the molecule is CCCCN1CC2CC(C1)CN(CC(O)COc1ccc(C#N)cc1)C2. The number of fused-ring (bicyclic) bond motifs is 2. The van der Waals surface area contributed by atoms with Crippen LogP contribution < -0.4 is 4.74 Å². The summed E-state index contributed by atoms with van der Waals surface area (Å²) >= 11 is 0. The molecule has 2 aliphatic heterocycles. The second-order valence-corrected chi connectivity index (χ2v) is 7.90. The fraction of sp³-hybridized carbons (Fsp3) is 0.667. The number of rotatable bonds is 8. The zero-order chi connectivity index (χ0) is 18.4. The molecule has 0 aromatic heterocycles. The van der Waals surface area contributed by atoms with E-state index in [1.807, 2.05) is 0 Å². The number of benzene rings is 1. The van der Waals surface area contributed by atoms with Gasteiger partial charge in [-0.3, -0.25) is 4.90 Å². The third kappa shape index (κ3) is 5.44. The quantitative estimate of drug-likeness (QED) is 0.774. The topological polar surface area (TPSA) is 59.7 Å². The largest absolute Gasteiger partial charge is 0.491 e. The molecule has 2 aliphatic rings. The molecule has 0 saturated carbocycles. The van der Waals surface area contributed by atoms with Crippen molar-refractivity contribution in [2.75, 3.05) is 45.9 Å². The molecule has 0 amide bonds. The maximum atomic E-state index is 10.4. The molecule has 3 unspecified atom stereocenters. The van der Waals surface area contributed by atoms with Gasteiger partial charge in [-0.2, -0.15) is 5.26 Å². The number of piperidine rings is 2. The molecule has 5 nitrogen and oxygen atoms in total. The van der Waals surface area contributed by atoms with Crippen molar-refractivity contribution in [1.82, 2.24) is 9.80 Å².